The van der Waals surface area contributed by atoms with E-state index in [0.717, 1.165) is 5.56 Å². The van der Waals surface area contributed by atoms with E-state index in [4.69, 9.17) is 4.74 Å². The molecule has 0 radical (unpaired) electrons. The maximum absolute atomic E-state index is 11.9. The van der Waals surface area contributed by atoms with Crippen molar-refractivity contribution in [3.8, 4) is 0 Å². The largest absolute Gasteiger partial charge is 0.462 e. The van der Waals surface area contributed by atoms with Crippen LogP contribution < -0.4 is 10.6 Å². The number of urea groups is 1. The fourth-order valence-electron chi connectivity index (χ4n) is 1.95. The minimum Gasteiger partial charge on any atom is -0.462 e. The van der Waals surface area contributed by atoms with Crippen molar-refractivity contribution in [2.45, 2.75) is 13.8 Å². The van der Waals surface area contributed by atoms with Gasteiger partial charge in [0.15, 0.2) is 0 Å². The maximum Gasteiger partial charge on any atom is 0.338 e. The number of carbonyl (C=O) groups is 2. The van der Waals surface area contributed by atoms with Crippen LogP contribution in [-0.4, -0.2) is 18.6 Å². The molecule has 0 aliphatic rings. The molecule has 0 aliphatic carbocycles. The Labute approximate surface area is 129 Å². The van der Waals surface area contributed by atoms with Gasteiger partial charge in [-0.2, -0.15) is 0 Å². The summed E-state index contributed by atoms with van der Waals surface area (Å²) in [6, 6.07) is 13.8. The lowest BCUT2D eigenvalue weighted by Gasteiger charge is -2.11. The molecular weight excluding hydrogens is 280 g/mol. The van der Waals surface area contributed by atoms with Gasteiger partial charge in [-0.25, -0.2) is 9.59 Å². The predicted octanol–water partition coefficient (Wildman–Crippen LogP) is 3.82. The Morgan fingerprint density at radius 3 is 2.41 bits per heavy atom. The highest BCUT2D eigenvalue weighted by molar-refractivity contribution is 6.00. The van der Waals surface area contributed by atoms with Crippen LogP contribution >= 0.6 is 0 Å². The van der Waals surface area contributed by atoms with E-state index in [1.54, 1.807) is 37.3 Å². The normalized spacial score (nSPS) is 9.91. The van der Waals surface area contributed by atoms with E-state index >= 15 is 0 Å². The van der Waals surface area contributed by atoms with E-state index in [1.165, 1.54) is 0 Å². The highest BCUT2D eigenvalue weighted by atomic mass is 16.5. The van der Waals surface area contributed by atoms with Gasteiger partial charge < -0.3 is 15.4 Å². The average molecular weight is 298 g/mol. The standard InChI is InChI=1S/C17H18N2O3/c1-3-22-16(20)13-9-10-15(12(2)11-13)19-17(21)18-14-7-5-4-6-8-14/h4-11H,3H2,1-2H3,(H2,18,19,21). The molecule has 2 aromatic carbocycles. The summed E-state index contributed by atoms with van der Waals surface area (Å²) in [5.41, 5.74) is 2.60. The van der Waals surface area contributed by atoms with E-state index in [-0.39, 0.29) is 12.0 Å². The molecule has 0 spiro atoms. The number of carbonyl (C=O) groups excluding carboxylic acids is 2. The first-order chi connectivity index (χ1) is 10.6. The third kappa shape index (κ3) is 4.09. The van der Waals surface area contributed by atoms with E-state index in [0.29, 0.717) is 23.5 Å². The van der Waals surface area contributed by atoms with Crippen LogP contribution in [0.5, 0.6) is 0 Å². The van der Waals surface area contributed by atoms with Crippen LogP contribution in [0.2, 0.25) is 0 Å². The van der Waals surface area contributed by atoms with Crippen LogP contribution in [0.1, 0.15) is 22.8 Å². The number of anilines is 2. The molecule has 0 aliphatic heterocycles. The SMILES string of the molecule is CCOC(=O)c1ccc(NC(=O)Nc2ccccc2)c(C)c1. The molecule has 22 heavy (non-hydrogen) atoms. The fourth-order valence-corrected chi connectivity index (χ4v) is 1.95. The van der Waals surface area contributed by atoms with E-state index < -0.39 is 0 Å². The van der Waals surface area contributed by atoms with Crippen molar-refractivity contribution < 1.29 is 14.3 Å². The molecule has 0 bridgehead atoms. The average Bonchev–Trinajstić information content (AvgIpc) is 2.50. The van der Waals surface area contributed by atoms with Crippen LogP contribution in [0, 0.1) is 6.92 Å². The smallest absolute Gasteiger partial charge is 0.338 e. The molecule has 2 aromatic rings. The molecule has 2 amide bonds. The van der Waals surface area contributed by atoms with Gasteiger partial charge in [0, 0.05) is 11.4 Å². The molecular formula is C17H18N2O3. The van der Waals surface area contributed by atoms with Crippen molar-refractivity contribution in [2.24, 2.45) is 0 Å². The number of amides is 2. The second-order valence-electron chi connectivity index (χ2n) is 4.70. The van der Waals surface area contributed by atoms with Gasteiger partial charge >= 0.3 is 12.0 Å². The summed E-state index contributed by atoms with van der Waals surface area (Å²) in [6.45, 7) is 3.91. The molecule has 0 atom stereocenters. The van der Waals surface area contributed by atoms with Gasteiger partial charge in [-0.1, -0.05) is 18.2 Å². The van der Waals surface area contributed by atoms with Crippen molar-refractivity contribution in [3.63, 3.8) is 0 Å². The number of aryl methyl sites for hydroxylation is 1. The lowest BCUT2D eigenvalue weighted by atomic mass is 10.1. The monoisotopic (exact) mass is 298 g/mol. The van der Waals surface area contributed by atoms with E-state index in [1.807, 2.05) is 25.1 Å². The summed E-state index contributed by atoms with van der Waals surface area (Å²) in [7, 11) is 0. The summed E-state index contributed by atoms with van der Waals surface area (Å²) in [6.07, 6.45) is 0. The van der Waals surface area contributed by atoms with Crippen molar-refractivity contribution in [1.82, 2.24) is 0 Å². The Hall–Kier alpha value is -2.82. The fraction of sp³-hybridized carbons (Fsp3) is 0.176. The summed E-state index contributed by atoms with van der Waals surface area (Å²) in [5, 5.41) is 5.49. The van der Waals surface area contributed by atoms with Crippen molar-refractivity contribution in [1.29, 1.82) is 0 Å². The van der Waals surface area contributed by atoms with Gasteiger partial charge in [-0.3, -0.25) is 0 Å². The Kier molecular flexibility index (Phi) is 5.14. The highest BCUT2D eigenvalue weighted by Gasteiger charge is 2.10. The van der Waals surface area contributed by atoms with Gasteiger partial charge in [0.05, 0.1) is 12.2 Å². The Morgan fingerprint density at radius 2 is 1.77 bits per heavy atom. The van der Waals surface area contributed by atoms with Gasteiger partial charge in [0.1, 0.15) is 0 Å². The second-order valence-corrected chi connectivity index (χ2v) is 4.70. The number of nitrogens with one attached hydrogen (secondary N) is 2. The number of benzene rings is 2. The van der Waals surface area contributed by atoms with Gasteiger partial charge in [0.25, 0.3) is 0 Å². The molecule has 0 heterocycles. The molecule has 0 unspecified atom stereocenters. The number of ether oxygens (including phenoxy) is 1. The lowest BCUT2D eigenvalue weighted by molar-refractivity contribution is 0.0526. The zero-order valence-corrected chi connectivity index (χ0v) is 12.6. The van der Waals surface area contributed by atoms with Gasteiger partial charge in [-0.15, -0.1) is 0 Å². The first kappa shape index (κ1) is 15.6. The highest BCUT2D eigenvalue weighted by Crippen LogP contribution is 2.18. The Bertz CT molecular complexity index is 669. The summed E-state index contributed by atoms with van der Waals surface area (Å²) in [5.74, 6) is -0.370. The second kappa shape index (κ2) is 7.26. The minimum atomic E-state index is -0.370. The number of hydrogen-bond donors (Lipinski definition) is 2. The van der Waals surface area contributed by atoms with Crippen molar-refractivity contribution in [3.05, 3.63) is 59.7 Å². The van der Waals surface area contributed by atoms with Crippen LogP contribution in [0.3, 0.4) is 0 Å². The zero-order chi connectivity index (χ0) is 15.9. The van der Waals surface area contributed by atoms with Crippen LogP contribution in [-0.2, 0) is 4.74 Å². The minimum absolute atomic E-state index is 0.331. The van der Waals surface area contributed by atoms with Gasteiger partial charge in [-0.05, 0) is 49.7 Å². The first-order valence-electron chi connectivity index (χ1n) is 7.01. The zero-order valence-electron chi connectivity index (χ0n) is 12.6. The molecule has 0 saturated heterocycles. The molecule has 0 saturated carbocycles. The third-order valence-electron chi connectivity index (χ3n) is 3.02. The van der Waals surface area contributed by atoms with Crippen molar-refractivity contribution in [2.75, 3.05) is 17.2 Å². The number of hydrogen-bond acceptors (Lipinski definition) is 3. The molecule has 0 fully saturated rings. The number of esters is 1. The number of para-hydroxylation sites is 1. The van der Waals surface area contributed by atoms with Crippen LogP contribution in [0.4, 0.5) is 16.2 Å². The first-order valence-corrected chi connectivity index (χ1v) is 7.01. The van der Waals surface area contributed by atoms with Gasteiger partial charge in [0.2, 0.25) is 0 Å². The van der Waals surface area contributed by atoms with E-state index in [9.17, 15) is 9.59 Å². The number of rotatable bonds is 4. The van der Waals surface area contributed by atoms with Crippen LogP contribution in [0.25, 0.3) is 0 Å². The summed E-state index contributed by atoms with van der Waals surface area (Å²) >= 11 is 0. The topological polar surface area (TPSA) is 67.4 Å². The Morgan fingerprint density at radius 1 is 1.05 bits per heavy atom. The molecule has 2 N–H and O–H groups in total. The quantitative estimate of drug-likeness (QED) is 0.843. The molecule has 0 aromatic heterocycles. The lowest BCUT2D eigenvalue weighted by Crippen LogP contribution is -2.20. The molecule has 2 rings (SSSR count). The molecule has 5 nitrogen and oxygen atoms in total. The maximum atomic E-state index is 11.9. The molecule has 5 heteroatoms. The summed E-state index contributed by atoms with van der Waals surface area (Å²) < 4.78 is 4.94. The predicted molar refractivity (Wildman–Crippen MR) is 86.2 cm³/mol. The van der Waals surface area contributed by atoms with Crippen LogP contribution in [0.15, 0.2) is 48.5 Å². The van der Waals surface area contributed by atoms with E-state index in [2.05, 4.69) is 10.6 Å². The van der Waals surface area contributed by atoms with Crippen molar-refractivity contribution >= 4 is 23.4 Å². The summed E-state index contributed by atoms with van der Waals surface area (Å²) in [4.78, 5) is 23.6. The third-order valence-corrected chi connectivity index (χ3v) is 3.02. The Balaban J connectivity index is 2.04. The molecule has 114 valence electrons.